The normalized spacial score (nSPS) is 19.1. The Morgan fingerprint density at radius 1 is 1.12 bits per heavy atom. The van der Waals surface area contributed by atoms with E-state index >= 15 is 0 Å². The Hall–Kier alpha value is -2.89. The molecule has 0 radical (unpaired) electrons. The van der Waals surface area contributed by atoms with Gasteiger partial charge in [-0.05, 0) is 73.6 Å². The molecule has 1 N–H and O–H groups in total. The van der Waals surface area contributed by atoms with Crippen LogP contribution in [0.1, 0.15) is 68.7 Å². The van der Waals surface area contributed by atoms with E-state index < -0.39 is 6.10 Å². The van der Waals surface area contributed by atoms with Gasteiger partial charge >= 0.3 is 0 Å². The number of carbonyl (C=O) groups is 2. The first-order chi connectivity index (χ1) is 16.0. The quantitative estimate of drug-likeness (QED) is 0.658. The van der Waals surface area contributed by atoms with Crippen molar-refractivity contribution in [2.24, 2.45) is 5.92 Å². The van der Waals surface area contributed by atoms with Gasteiger partial charge in [0.1, 0.15) is 11.6 Å². The molecular weight excluding hydrogens is 419 g/mol. The minimum absolute atomic E-state index is 0.0659. The number of fused-ring (bicyclic) bond motifs is 1. The number of amides is 2. The highest BCUT2D eigenvalue weighted by Crippen LogP contribution is 2.40. The summed E-state index contributed by atoms with van der Waals surface area (Å²) in [4.78, 5) is 27.8. The molecule has 0 bridgehead atoms. The molecule has 2 aromatic rings. The van der Waals surface area contributed by atoms with Gasteiger partial charge in [-0.25, -0.2) is 4.39 Å². The van der Waals surface area contributed by atoms with Crippen LogP contribution in [0.4, 0.5) is 4.39 Å². The average Bonchev–Trinajstić information content (AvgIpc) is 3.37. The zero-order chi connectivity index (χ0) is 23.4. The highest BCUT2D eigenvalue weighted by atomic mass is 19.1. The number of benzene rings is 2. The molecule has 2 atom stereocenters. The number of likely N-dealkylation sites (N-methyl/N-ethyl adjacent to an activating group) is 1. The second kappa shape index (κ2) is 10.4. The lowest BCUT2D eigenvalue weighted by Crippen LogP contribution is -2.43. The van der Waals surface area contributed by atoms with Crippen molar-refractivity contribution in [3.8, 4) is 5.75 Å². The van der Waals surface area contributed by atoms with Gasteiger partial charge in [-0.2, -0.15) is 0 Å². The molecule has 0 aromatic heterocycles. The minimum Gasteiger partial charge on any atom is -0.481 e. The number of ether oxygens (including phenoxy) is 1. The summed E-state index contributed by atoms with van der Waals surface area (Å²) in [5.41, 5.74) is 3.03. The number of carbonyl (C=O) groups excluding carboxylic acids is 2. The number of nitrogens with zero attached hydrogens (tertiary/aromatic N) is 1. The summed E-state index contributed by atoms with van der Waals surface area (Å²) in [5.74, 6) is 0.428. The van der Waals surface area contributed by atoms with E-state index in [1.165, 1.54) is 12.1 Å². The van der Waals surface area contributed by atoms with Crippen LogP contribution in [-0.2, 0) is 16.0 Å². The Kier molecular flexibility index (Phi) is 7.31. The second-order valence-electron chi connectivity index (χ2n) is 8.99. The summed E-state index contributed by atoms with van der Waals surface area (Å²) in [5, 5.41) is 2.82. The maximum Gasteiger partial charge on any atom is 0.261 e. The summed E-state index contributed by atoms with van der Waals surface area (Å²) in [6.45, 7) is 4.99. The molecule has 176 valence electrons. The van der Waals surface area contributed by atoms with Crippen molar-refractivity contribution in [3.63, 3.8) is 0 Å². The summed E-state index contributed by atoms with van der Waals surface area (Å²) in [6.07, 6.45) is 4.80. The van der Waals surface area contributed by atoms with Gasteiger partial charge in [-0.1, -0.05) is 38.0 Å². The highest BCUT2D eigenvalue weighted by molar-refractivity contribution is 5.81. The first-order valence-electron chi connectivity index (χ1n) is 12.1. The smallest absolute Gasteiger partial charge is 0.261 e. The highest BCUT2D eigenvalue weighted by Gasteiger charge is 2.36. The first-order valence-corrected chi connectivity index (χ1v) is 12.1. The second-order valence-corrected chi connectivity index (χ2v) is 8.99. The Bertz CT molecular complexity index is 985. The molecule has 0 saturated heterocycles. The van der Waals surface area contributed by atoms with Gasteiger partial charge in [0.2, 0.25) is 5.91 Å². The summed E-state index contributed by atoms with van der Waals surface area (Å²) >= 11 is 0. The Morgan fingerprint density at radius 2 is 1.85 bits per heavy atom. The minimum atomic E-state index is -0.577. The molecule has 4 rings (SSSR count). The number of hydrogen-bond donors (Lipinski definition) is 1. The largest absolute Gasteiger partial charge is 0.481 e. The van der Waals surface area contributed by atoms with Gasteiger partial charge in [0.05, 0.1) is 6.04 Å². The number of halogens is 1. The first kappa shape index (κ1) is 23.3. The van der Waals surface area contributed by atoms with E-state index in [1.807, 2.05) is 36.9 Å². The van der Waals surface area contributed by atoms with Gasteiger partial charge in [-0.3, -0.25) is 9.59 Å². The van der Waals surface area contributed by atoms with E-state index in [-0.39, 0.29) is 29.6 Å². The monoisotopic (exact) mass is 452 g/mol. The molecule has 1 aliphatic carbocycles. The zero-order valence-corrected chi connectivity index (χ0v) is 19.5. The number of hydrogen-bond acceptors (Lipinski definition) is 3. The fraction of sp³-hybridized carbons (Fsp3) is 0.481. The van der Waals surface area contributed by atoms with Crippen molar-refractivity contribution in [1.29, 1.82) is 0 Å². The molecule has 0 spiro atoms. The van der Waals surface area contributed by atoms with E-state index in [0.29, 0.717) is 25.3 Å². The third-order valence-corrected chi connectivity index (χ3v) is 6.81. The summed E-state index contributed by atoms with van der Waals surface area (Å²) < 4.78 is 19.8. The van der Waals surface area contributed by atoms with Gasteiger partial charge in [-0.15, -0.1) is 0 Å². The van der Waals surface area contributed by atoms with Gasteiger partial charge in [0, 0.05) is 19.0 Å². The summed E-state index contributed by atoms with van der Waals surface area (Å²) in [7, 11) is 0. The van der Waals surface area contributed by atoms with Crippen molar-refractivity contribution in [2.75, 3.05) is 13.1 Å². The van der Waals surface area contributed by atoms with Crippen LogP contribution in [-0.4, -0.2) is 35.9 Å². The van der Waals surface area contributed by atoms with Crippen LogP contribution in [0.5, 0.6) is 5.75 Å². The fourth-order valence-electron chi connectivity index (χ4n) is 5.09. The zero-order valence-electron chi connectivity index (χ0n) is 19.5. The van der Waals surface area contributed by atoms with Crippen LogP contribution in [0.3, 0.4) is 0 Å². The number of rotatable bonds is 7. The molecule has 2 amide bonds. The maximum atomic E-state index is 13.7. The molecule has 1 aliphatic heterocycles. The maximum absolute atomic E-state index is 13.7. The number of nitrogens with one attached hydrogen (secondary N) is 1. The van der Waals surface area contributed by atoms with E-state index in [1.54, 1.807) is 12.1 Å². The molecule has 5 nitrogen and oxygen atoms in total. The van der Waals surface area contributed by atoms with Crippen LogP contribution < -0.4 is 10.1 Å². The third-order valence-electron chi connectivity index (χ3n) is 6.81. The molecule has 33 heavy (non-hydrogen) atoms. The van der Waals surface area contributed by atoms with E-state index in [9.17, 15) is 14.0 Å². The molecule has 2 aromatic carbocycles. The predicted molar refractivity (Wildman–Crippen MR) is 125 cm³/mol. The molecule has 1 heterocycles. The Balaban J connectivity index is 1.69. The van der Waals surface area contributed by atoms with E-state index in [2.05, 4.69) is 5.32 Å². The van der Waals surface area contributed by atoms with Gasteiger partial charge in [0.15, 0.2) is 6.10 Å². The average molecular weight is 453 g/mol. The Labute approximate surface area is 195 Å². The fourth-order valence-corrected chi connectivity index (χ4v) is 5.09. The van der Waals surface area contributed by atoms with Crippen LogP contribution in [0, 0.1) is 11.7 Å². The van der Waals surface area contributed by atoms with E-state index in [4.69, 9.17) is 4.74 Å². The van der Waals surface area contributed by atoms with Crippen LogP contribution >= 0.6 is 0 Å². The van der Waals surface area contributed by atoms with Crippen molar-refractivity contribution in [1.82, 2.24) is 10.2 Å². The molecule has 1 fully saturated rings. The van der Waals surface area contributed by atoms with Crippen LogP contribution in [0.2, 0.25) is 0 Å². The SMILES string of the molecule is CCNC(=O)C(CC)Oc1ccc2c(c1)C(c1ccc(F)cc1)N(C(=O)C1CCCC1)CC2. The van der Waals surface area contributed by atoms with Crippen molar-refractivity contribution in [2.45, 2.75) is 64.5 Å². The standard InChI is InChI=1S/C27H33FN2O3/c1-3-24(26(31)29-4-2)33-22-14-11-18-15-16-30(27(32)20-7-5-6-8-20)25(23(18)17-22)19-9-12-21(28)13-10-19/h9-14,17,20,24-25H,3-8,15-16H2,1-2H3,(H,29,31). The molecule has 2 aliphatic rings. The lowest BCUT2D eigenvalue weighted by atomic mass is 9.87. The van der Waals surface area contributed by atoms with Gasteiger partial charge < -0.3 is 15.0 Å². The van der Waals surface area contributed by atoms with Crippen LogP contribution in [0.15, 0.2) is 42.5 Å². The molecule has 1 saturated carbocycles. The van der Waals surface area contributed by atoms with E-state index in [0.717, 1.165) is 48.8 Å². The molecular formula is C27H33FN2O3. The van der Waals surface area contributed by atoms with Crippen LogP contribution in [0.25, 0.3) is 0 Å². The molecule has 2 unspecified atom stereocenters. The lowest BCUT2D eigenvalue weighted by molar-refractivity contribution is -0.137. The van der Waals surface area contributed by atoms with Gasteiger partial charge in [0.25, 0.3) is 5.91 Å². The topological polar surface area (TPSA) is 58.6 Å². The van der Waals surface area contributed by atoms with Crippen molar-refractivity contribution < 1.29 is 18.7 Å². The summed E-state index contributed by atoms with van der Waals surface area (Å²) in [6, 6.07) is 12.0. The predicted octanol–water partition coefficient (Wildman–Crippen LogP) is 4.78. The third kappa shape index (κ3) is 5.05. The van der Waals surface area contributed by atoms with Crippen molar-refractivity contribution >= 4 is 11.8 Å². The molecule has 6 heteroatoms. The lowest BCUT2D eigenvalue weighted by Gasteiger charge is -2.39. The Morgan fingerprint density at radius 3 is 2.52 bits per heavy atom. The van der Waals surface area contributed by atoms with Crippen molar-refractivity contribution in [3.05, 3.63) is 65.0 Å².